The van der Waals surface area contributed by atoms with Crippen LogP contribution in [0.4, 0.5) is 0 Å². The van der Waals surface area contributed by atoms with E-state index in [4.69, 9.17) is 15.3 Å². The molecule has 1 fully saturated rings. The van der Waals surface area contributed by atoms with Gasteiger partial charge in [0.25, 0.3) is 0 Å². The maximum absolute atomic E-state index is 8.91. The van der Waals surface area contributed by atoms with Crippen LogP contribution in [0.15, 0.2) is 0 Å². The second kappa shape index (κ2) is 2.62. The number of hydrogen-bond acceptors (Lipinski definition) is 4. The maximum Gasteiger partial charge on any atom is 0.157 e. The second-order valence-corrected chi connectivity index (χ2v) is 2.11. The summed E-state index contributed by atoms with van der Waals surface area (Å²) in [5.74, 6) is 0. The van der Waals surface area contributed by atoms with E-state index in [1.165, 1.54) is 0 Å². The first kappa shape index (κ1) is 6.95. The van der Waals surface area contributed by atoms with Gasteiger partial charge >= 0.3 is 0 Å². The Kier molecular flexibility index (Phi) is 2.02. The van der Waals surface area contributed by atoms with Gasteiger partial charge in [0.05, 0.1) is 12.7 Å². The SMILES string of the molecule is OC[C@@H]1O[C@@H](O)C[C@H]1O. The lowest BCUT2D eigenvalue weighted by Gasteiger charge is -2.08. The molecule has 0 bridgehead atoms. The van der Waals surface area contributed by atoms with Gasteiger partial charge in [0.2, 0.25) is 0 Å². The monoisotopic (exact) mass is 134 g/mol. The van der Waals surface area contributed by atoms with Gasteiger partial charge in [0, 0.05) is 6.42 Å². The van der Waals surface area contributed by atoms with Crippen molar-refractivity contribution in [3.05, 3.63) is 0 Å². The predicted octanol–water partition coefficient (Wildman–Crippen LogP) is -1.55. The Bertz CT molecular complexity index is 95.0. The first-order valence-electron chi connectivity index (χ1n) is 2.86. The topological polar surface area (TPSA) is 69.9 Å². The largest absolute Gasteiger partial charge is 0.394 e. The second-order valence-electron chi connectivity index (χ2n) is 2.11. The molecule has 4 nitrogen and oxygen atoms in total. The zero-order chi connectivity index (χ0) is 6.85. The average Bonchev–Trinajstić information content (AvgIpc) is 2.10. The zero-order valence-corrected chi connectivity index (χ0v) is 4.90. The van der Waals surface area contributed by atoms with Gasteiger partial charge in [0.1, 0.15) is 6.10 Å². The lowest BCUT2D eigenvalue weighted by Crippen LogP contribution is -2.24. The van der Waals surface area contributed by atoms with Crippen LogP contribution in [0, 0.1) is 0 Å². The molecule has 54 valence electrons. The van der Waals surface area contributed by atoms with E-state index < -0.39 is 18.5 Å². The van der Waals surface area contributed by atoms with Gasteiger partial charge in [-0.05, 0) is 0 Å². The maximum atomic E-state index is 8.91. The van der Waals surface area contributed by atoms with Gasteiger partial charge in [-0.15, -0.1) is 0 Å². The lowest BCUT2D eigenvalue weighted by atomic mass is 10.2. The zero-order valence-electron chi connectivity index (χ0n) is 4.90. The molecule has 0 aromatic rings. The van der Waals surface area contributed by atoms with Crippen LogP contribution >= 0.6 is 0 Å². The highest BCUT2D eigenvalue weighted by molar-refractivity contribution is 4.75. The molecule has 1 aliphatic rings. The summed E-state index contributed by atoms with van der Waals surface area (Å²) in [7, 11) is 0. The van der Waals surface area contributed by atoms with E-state index in [1.54, 1.807) is 0 Å². The average molecular weight is 134 g/mol. The van der Waals surface area contributed by atoms with Crippen LogP contribution in [0.3, 0.4) is 0 Å². The van der Waals surface area contributed by atoms with Gasteiger partial charge in [-0.3, -0.25) is 0 Å². The lowest BCUT2D eigenvalue weighted by molar-refractivity contribution is -0.107. The van der Waals surface area contributed by atoms with Gasteiger partial charge in [0.15, 0.2) is 6.29 Å². The standard InChI is InChI=1S/C5H10O4/c6-2-4-3(7)1-5(8)9-4/h3-8H,1-2H2/t3-,4+,5-/m1/s1. The van der Waals surface area contributed by atoms with Gasteiger partial charge < -0.3 is 20.1 Å². The predicted molar refractivity (Wildman–Crippen MR) is 28.6 cm³/mol. The summed E-state index contributed by atoms with van der Waals surface area (Å²) in [5, 5.41) is 26.1. The van der Waals surface area contributed by atoms with E-state index in [2.05, 4.69) is 4.74 Å². The molecule has 0 saturated carbocycles. The van der Waals surface area contributed by atoms with Crippen LogP contribution in [0.1, 0.15) is 6.42 Å². The van der Waals surface area contributed by atoms with E-state index in [1.807, 2.05) is 0 Å². The smallest absolute Gasteiger partial charge is 0.157 e. The highest BCUT2D eigenvalue weighted by Gasteiger charge is 2.31. The normalized spacial score (nSPS) is 43.7. The summed E-state index contributed by atoms with van der Waals surface area (Å²) in [5.41, 5.74) is 0. The highest BCUT2D eigenvalue weighted by atomic mass is 16.6. The molecule has 0 unspecified atom stereocenters. The van der Waals surface area contributed by atoms with E-state index in [-0.39, 0.29) is 13.0 Å². The first-order chi connectivity index (χ1) is 4.24. The summed E-state index contributed by atoms with van der Waals surface area (Å²) in [6.45, 7) is -0.238. The molecule has 9 heavy (non-hydrogen) atoms. The van der Waals surface area contributed by atoms with Crippen LogP contribution in [0.5, 0.6) is 0 Å². The Morgan fingerprint density at radius 1 is 1.44 bits per heavy atom. The number of aliphatic hydroxyl groups is 3. The summed E-state index contributed by atoms with van der Waals surface area (Å²) in [4.78, 5) is 0. The number of hydrogen-bond donors (Lipinski definition) is 3. The summed E-state index contributed by atoms with van der Waals surface area (Å²) in [6.07, 6.45) is -2.02. The van der Waals surface area contributed by atoms with E-state index in [0.29, 0.717) is 0 Å². The third kappa shape index (κ3) is 1.40. The molecule has 0 aromatic heterocycles. The van der Waals surface area contributed by atoms with Gasteiger partial charge in [-0.2, -0.15) is 0 Å². The first-order valence-corrected chi connectivity index (χ1v) is 2.86. The Balaban J connectivity index is 2.38. The molecule has 3 atom stereocenters. The molecule has 1 aliphatic heterocycles. The fourth-order valence-corrected chi connectivity index (χ4v) is 0.871. The number of rotatable bonds is 1. The fourth-order valence-electron chi connectivity index (χ4n) is 0.871. The van der Waals surface area contributed by atoms with Crippen molar-refractivity contribution < 1.29 is 20.1 Å². The molecule has 0 spiro atoms. The van der Waals surface area contributed by atoms with Crippen molar-refractivity contribution in [1.29, 1.82) is 0 Å². The van der Waals surface area contributed by atoms with Crippen molar-refractivity contribution in [1.82, 2.24) is 0 Å². The molecule has 3 N–H and O–H groups in total. The van der Waals surface area contributed by atoms with Crippen LogP contribution in [0.25, 0.3) is 0 Å². The van der Waals surface area contributed by atoms with Crippen molar-refractivity contribution in [3.8, 4) is 0 Å². The van der Waals surface area contributed by atoms with Crippen molar-refractivity contribution in [3.63, 3.8) is 0 Å². The summed E-state index contributed by atoms with van der Waals surface area (Å²) < 4.78 is 4.68. The van der Waals surface area contributed by atoms with Crippen molar-refractivity contribution in [2.24, 2.45) is 0 Å². The van der Waals surface area contributed by atoms with E-state index in [0.717, 1.165) is 0 Å². The molecule has 0 aliphatic carbocycles. The van der Waals surface area contributed by atoms with E-state index >= 15 is 0 Å². The Labute approximate surface area is 52.7 Å². The van der Waals surface area contributed by atoms with Crippen LogP contribution in [-0.4, -0.2) is 40.4 Å². The molecule has 0 aromatic carbocycles. The van der Waals surface area contributed by atoms with Crippen molar-refractivity contribution in [2.75, 3.05) is 6.61 Å². The fraction of sp³-hybridized carbons (Fsp3) is 1.00. The molecule has 0 radical (unpaired) electrons. The quantitative estimate of drug-likeness (QED) is 0.406. The Morgan fingerprint density at radius 3 is 2.33 bits per heavy atom. The molecule has 1 heterocycles. The van der Waals surface area contributed by atoms with Crippen molar-refractivity contribution in [2.45, 2.75) is 24.9 Å². The minimum atomic E-state index is -0.905. The Morgan fingerprint density at radius 2 is 2.11 bits per heavy atom. The molecule has 0 amide bonds. The van der Waals surface area contributed by atoms with Crippen LogP contribution < -0.4 is 0 Å². The summed E-state index contributed by atoms with van der Waals surface area (Å²) in [6, 6.07) is 0. The minimum Gasteiger partial charge on any atom is -0.394 e. The third-order valence-corrected chi connectivity index (χ3v) is 1.38. The third-order valence-electron chi connectivity index (χ3n) is 1.38. The van der Waals surface area contributed by atoms with Gasteiger partial charge in [-0.1, -0.05) is 0 Å². The van der Waals surface area contributed by atoms with Gasteiger partial charge in [-0.25, -0.2) is 0 Å². The molecular weight excluding hydrogens is 124 g/mol. The Hall–Kier alpha value is -0.160. The van der Waals surface area contributed by atoms with Crippen molar-refractivity contribution >= 4 is 0 Å². The highest BCUT2D eigenvalue weighted by Crippen LogP contribution is 2.17. The van der Waals surface area contributed by atoms with E-state index in [9.17, 15) is 0 Å². The van der Waals surface area contributed by atoms with Crippen LogP contribution in [-0.2, 0) is 4.74 Å². The molecule has 4 heteroatoms. The molecular formula is C5H10O4. The summed E-state index contributed by atoms with van der Waals surface area (Å²) >= 11 is 0. The number of ether oxygens (including phenoxy) is 1. The number of aliphatic hydroxyl groups excluding tert-OH is 3. The molecule has 1 rings (SSSR count). The minimum absolute atomic E-state index is 0.200. The molecule has 1 saturated heterocycles. The van der Waals surface area contributed by atoms with Crippen LogP contribution in [0.2, 0.25) is 0 Å².